The third kappa shape index (κ3) is 2.30. The average molecular weight is 389 g/mol. The van der Waals surface area contributed by atoms with E-state index >= 15 is 0 Å². The van der Waals surface area contributed by atoms with Crippen LogP contribution in [0.3, 0.4) is 0 Å². The van der Waals surface area contributed by atoms with E-state index in [9.17, 15) is 34.8 Å². The maximum atomic E-state index is 12.2. The SMILES string of the molecule is [C-]#[N+]C12CC3CC1C(OC2=O)C3OS(=O)(=O)[N-]S(=O)(=O)C(F)(F)F. The molecule has 0 spiro atoms. The molecule has 0 aromatic rings. The Labute approximate surface area is 134 Å². The van der Waals surface area contributed by atoms with Gasteiger partial charge in [-0.3, -0.25) is 9.03 Å². The molecule has 5 atom stereocenters. The van der Waals surface area contributed by atoms with E-state index in [1.54, 1.807) is 4.13 Å². The number of carbonyl (C=O) groups excluding carboxylic acids is 1. The van der Waals surface area contributed by atoms with E-state index in [4.69, 9.17) is 11.3 Å². The van der Waals surface area contributed by atoms with Crippen LogP contribution < -0.4 is 0 Å². The number of ether oxygens (including phenoxy) is 1. The summed E-state index contributed by atoms with van der Waals surface area (Å²) in [7, 11) is -11.7. The van der Waals surface area contributed by atoms with E-state index < -0.39 is 61.4 Å². The van der Waals surface area contributed by atoms with E-state index in [1.807, 2.05) is 0 Å². The van der Waals surface area contributed by atoms with Crippen LogP contribution in [0.4, 0.5) is 13.2 Å². The van der Waals surface area contributed by atoms with Gasteiger partial charge in [0.1, 0.15) is 12.2 Å². The van der Waals surface area contributed by atoms with E-state index in [-0.39, 0.29) is 12.8 Å². The normalized spacial score (nSPS) is 38.2. The Balaban J connectivity index is 1.80. The summed E-state index contributed by atoms with van der Waals surface area (Å²) in [6.07, 6.45) is -2.36. The molecule has 1 heterocycles. The van der Waals surface area contributed by atoms with Crippen LogP contribution in [0.15, 0.2) is 0 Å². The minimum Gasteiger partial charge on any atom is -0.453 e. The number of halogens is 3. The molecule has 0 amide bonds. The Bertz CT molecular complexity index is 847. The second-order valence-electron chi connectivity index (χ2n) is 5.70. The van der Waals surface area contributed by atoms with Crippen molar-refractivity contribution in [3.8, 4) is 0 Å². The number of nitrogens with zero attached hydrogens (tertiary/aromatic N) is 2. The van der Waals surface area contributed by atoms with Crippen molar-refractivity contribution < 1.29 is 43.7 Å². The Hall–Kier alpha value is -1.43. The van der Waals surface area contributed by atoms with Crippen molar-refractivity contribution in [3.05, 3.63) is 15.5 Å². The van der Waals surface area contributed by atoms with Gasteiger partial charge in [0.15, 0.2) is 10.0 Å². The van der Waals surface area contributed by atoms with Gasteiger partial charge in [-0.05, 0) is 12.3 Å². The zero-order chi connectivity index (χ0) is 18.1. The van der Waals surface area contributed by atoms with Crippen LogP contribution >= 0.6 is 0 Å². The zero-order valence-electron chi connectivity index (χ0n) is 11.4. The minimum absolute atomic E-state index is 0.0668. The van der Waals surface area contributed by atoms with Crippen molar-refractivity contribution in [2.45, 2.75) is 36.1 Å². The van der Waals surface area contributed by atoms with Gasteiger partial charge in [0, 0.05) is 6.42 Å². The van der Waals surface area contributed by atoms with Crippen molar-refractivity contribution in [3.63, 3.8) is 0 Å². The summed E-state index contributed by atoms with van der Waals surface area (Å²) in [6, 6.07) is 0. The summed E-state index contributed by atoms with van der Waals surface area (Å²) >= 11 is 0. The van der Waals surface area contributed by atoms with Gasteiger partial charge in [-0.1, -0.05) is 0 Å². The standard InChI is InChI=1S/C10H8F3N2O7S2/c1-14-9-3-4-2-5(9)7(21-8(9)16)6(4)22-24(19,20)15-23(17,18)10(11,12)13/h4-7H,2-3H2/q-1. The molecule has 0 radical (unpaired) electrons. The van der Waals surface area contributed by atoms with Crippen LogP contribution in [0.1, 0.15) is 12.8 Å². The number of hydrogen-bond acceptors (Lipinski definition) is 7. The predicted octanol–water partition coefficient (Wildman–Crippen LogP) is 0.463. The van der Waals surface area contributed by atoms with Crippen LogP contribution in [0, 0.1) is 18.4 Å². The molecule has 0 N–H and O–H groups in total. The van der Waals surface area contributed by atoms with Gasteiger partial charge in [0.25, 0.3) is 0 Å². The van der Waals surface area contributed by atoms with Gasteiger partial charge in [-0.15, -0.1) is 0 Å². The fourth-order valence-electron chi connectivity index (χ4n) is 3.55. The monoisotopic (exact) mass is 389 g/mol. The van der Waals surface area contributed by atoms with Gasteiger partial charge < -0.3 is 8.86 Å². The molecule has 2 aliphatic carbocycles. The van der Waals surface area contributed by atoms with Crippen LogP contribution in [-0.4, -0.2) is 46.1 Å². The van der Waals surface area contributed by atoms with Crippen LogP contribution in [0.25, 0.3) is 8.97 Å². The molecule has 3 aliphatic rings. The summed E-state index contributed by atoms with van der Waals surface area (Å²) in [6.45, 7) is 7.13. The highest BCUT2D eigenvalue weighted by atomic mass is 32.3. The average Bonchev–Trinajstić information content (AvgIpc) is 2.98. The quantitative estimate of drug-likeness (QED) is 0.506. The van der Waals surface area contributed by atoms with Gasteiger partial charge >= 0.3 is 17.0 Å². The van der Waals surface area contributed by atoms with Crippen molar-refractivity contribution >= 4 is 26.3 Å². The fourth-order valence-corrected chi connectivity index (χ4v) is 5.53. The molecule has 14 heteroatoms. The lowest BCUT2D eigenvalue weighted by molar-refractivity contribution is -0.145. The van der Waals surface area contributed by atoms with Gasteiger partial charge in [-0.2, -0.15) is 13.2 Å². The third-order valence-electron chi connectivity index (χ3n) is 4.44. The molecule has 3 fully saturated rings. The summed E-state index contributed by atoms with van der Waals surface area (Å²) in [4.78, 5) is 15.1. The molecule has 5 unspecified atom stereocenters. The molecule has 0 aromatic heterocycles. The Morgan fingerprint density at radius 3 is 2.50 bits per heavy atom. The largest absolute Gasteiger partial charge is 0.480 e. The molecule has 9 nitrogen and oxygen atoms in total. The van der Waals surface area contributed by atoms with E-state index in [2.05, 4.69) is 9.03 Å². The number of rotatable bonds is 4. The number of fused-ring (bicyclic) bond motifs is 1. The third-order valence-corrected chi connectivity index (χ3v) is 7.00. The highest BCUT2D eigenvalue weighted by Crippen LogP contribution is 2.59. The highest BCUT2D eigenvalue weighted by Gasteiger charge is 2.76. The number of esters is 1. The molecule has 24 heavy (non-hydrogen) atoms. The van der Waals surface area contributed by atoms with E-state index in [0.29, 0.717) is 0 Å². The maximum absolute atomic E-state index is 12.2. The van der Waals surface area contributed by atoms with E-state index in [0.717, 1.165) is 0 Å². The topological polar surface area (TPSA) is 122 Å². The molecule has 0 aromatic carbocycles. The summed E-state index contributed by atoms with van der Waals surface area (Å²) in [5.74, 6) is -2.12. The predicted molar refractivity (Wildman–Crippen MR) is 67.6 cm³/mol. The Morgan fingerprint density at radius 1 is 1.33 bits per heavy atom. The Morgan fingerprint density at radius 2 is 1.96 bits per heavy atom. The van der Waals surface area contributed by atoms with Crippen molar-refractivity contribution in [2.75, 3.05) is 0 Å². The lowest BCUT2D eigenvalue weighted by Gasteiger charge is -2.29. The summed E-state index contributed by atoms with van der Waals surface area (Å²) in [5.41, 5.74) is -7.31. The molecule has 1 aliphatic heterocycles. The van der Waals surface area contributed by atoms with Crippen LogP contribution in [0.5, 0.6) is 0 Å². The van der Waals surface area contributed by atoms with Gasteiger partial charge in [0.05, 0.1) is 5.92 Å². The number of hydrogen-bond donors (Lipinski definition) is 0. The first-order valence-corrected chi connectivity index (χ1v) is 9.22. The smallest absolute Gasteiger partial charge is 0.453 e. The maximum Gasteiger partial charge on any atom is 0.480 e. The molecule has 3 rings (SSSR count). The van der Waals surface area contributed by atoms with Crippen molar-refractivity contribution in [1.82, 2.24) is 0 Å². The van der Waals surface area contributed by atoms with Crippen molar-refractivity contribution in [2.24, 2.45) is 11.8 Å². The second-order valence-corrected chi connectivity index (χ2v) is 8.75. The van der Waals surface area contributed by atoms with Crippen molar-refractivity contribution in [1.29, 1.82) is 0 Å². The molecular weight excluding hydrogens is 381 g/mol. The molecular formula is C10H8F3N2O7S2-. The number of alkyl halides is 3. The number of sulfonamides is 1. The molecule has 1 saturated heterocycles. The minimum atomic E-state index is -6.30. The summed E-state index contributed by atoms with van der Waals surface area (Å²) < 4.78 is 92.7. The first kappa shape index (κ1) is 17.4. The highest BCUT2D eigenvalue weighted by molar-refractivity contribution is 8.10. The number of carbonyl (C=O) groups is 1. The first-order chi connectivity index (χ1) is 10.8. The molecule has 134 valence electrons. The van der Waals surface area contributed by atoms with Crippen LogP contribution in [-0.2, 0) is 34.0 Å². The molecule has 2 bridgehead atoms. The summed E-state index contributed by atoms with van der Waals surface area (Å²) in [5, 5.41) is 0. The van der Waals surface area contributed by atoms with E-state index in [1.165, 1.54) is 0 Å². The van der Waals surface area contributed by atoms with Gasteiger partial charge in [-0.25, -0.2) is 28.2 Å². The zero-order valence-corrected chi connectivity index (χ0v) is 13.1. The van der Waals surface area contributed by atoms with Crippen LogP contribution in [0.2, 0.25) is 0 Å². The Kier molecular flexibility index (Phi) is 3.48. The van der Waals surface area contributed by atoms with Gasteiger partial charge in [0.2, 0.25) is 10.3 Å². The lowest BCUT2D eigenvalue weighted by atomic mass is 9.82. The fraction of sp³-hybridized carbons (Fsp3) is 0.800. The first-order valence-electron chi connectivity index (χ1n) is 6.41. The molecule has 2 saturated carbocycles. The second kappa shape index (κ2) is 4.81. The lowest BCUT2D eigenvalue weighted by Crippen LogP contribution is -2.42.